The van der Waals surface area contributed by atoms with Gasteiger partial charge in [0, 0.05) is 36.2 Å². The van der Waals surface area contributed by atoms with E-state index >= 15 is 0 Å². The summed E-state index contributed by atoms with van der Waals surface area (Å²) in [5.74, 6) is -0.276. The van der Waals surface area contributed by atoms with Gasteiger partial charge in [-0.2, -0.15) is 0 Å². The molecule has 0 saturated carbocycles. The zero-order valence-electron chi connectivity index (χ0n) is 12.4. The van der Waals surface area contributed by atoms with E-state index < -0.39 is 4.92 Å². The molecule has 6 nitrogen and oxygen atoms in total. The molecule has 0 fully saturated rings. The zero-order chi connectivity index (χ0) is 16.7. The molecule has 0 bridgehead atoms. The van der Waals surface area contributed by atoms with Crippen molar-refractivity contribution in [1.29, 1.82) is 0 Å². The topological polar surface area (TPSA) is 89.3 Å². The average molecular weight is 312 g/mol. The molecule has 118 valence electrons. The van der Waals surface area contributed by atoms with Gasteiger partial charge in [0.05, 0.1) is 4.92 Å². The van der Waals surface area contributed by atoms with Crippen molar-refractivity contribution in [3.05, 3.63) is 75.8 Å². The van der Waals surface area contributed by atoms with E-state index in [1.165, 1.54) is 24.3 Å². The van der Waals surface area contributed by atoms with Crippen molar-refractivity contribution in [2.75, 3.05) is 6.54 Å². The molecule has 0 aliphatic rings. The molecule has 23 heavy (non-hydrogen) atoms. The maximum Gasteiger partial charge on any atom is 0.269 e. The van der Waals surface area contributed by atoms with Gasteiger partial charge >= 0.3 is 0 Å². The molecule has 0 heterocycles. The number of carbonyl (C=O) groups is 2. The van der Waals surface area contributed by atoms with Crippen molar-refractivity contribution < 1.29 is 14.5 Å². The summed E-state index contributed by atoms with van der Waals surface area (Å²) in [6.45, 7) is 0.369. The molecule has 2 aromatic rings. The van der Waals surface area contributed by atoms with Gasteiger partial charge in [0.25, 0.3) is 11.6 Å². The molecule has 0 aliphatic carbocycles. The molecule has 0 aliphatic heterocycles. The minimum Gasteiger partial charge on any atom is -0.352 e. The van der Waals surface area contributed by atoms with Gasteiger partial charge < -0.3 is 5.32 Å². The number of hydrogen-bond acceptors (Lipinski definition) is 4. The van der Waals surface area contributed by atoms with Gasteiger partial charge in [-0.3, -0.25) is 19.7 Å². The number of hydrogen-bond donors (Lipinski definition) is 1. The van der Waals surface area contributed by atoms with Crippen LogP contribution in [0.1, 0.15) is 33.6 Å². The minimum absolute atomic E-state index is 0.0372. The molecule has 1 amide bonds. The Morgan fingerprint density at radius 1 is 0.957 bits per heavy atom. The Balaban J connectivity index is 1.76. The van der Waals surface area contributed by atoms with Crippen molar-refractivity contribution in [1.82, 2.24) is 5.32 Å². The summed E-state index contributed by atoms with van der Waals surface area (Å²) in [5, 5.41) is 13.2. The van der Waals surface area contributed by atoms with Crippen LogP contribution in [0.4, 0.5) is 5.69 Å². The largest absolute Gasteiger partial charge is 0.352 e. The lowest BCUT2D eigenvalue weighted by molar-refractivity contribution is -0.384. The smallest absolute Gasteiger partial charge is 0.269 e. The SMILES string of the molecule is O=C(CCCNC(=O)c1ccc([N+](=O)[O-])cc1)c1ccccc1. The third-order valence-corrected chi connectivity index (χ3v) is 3.30. The first kappa shape index (κ1) is 16.4. The molecule has 0 aromatic heterocycles. The highest BCUT2D eigenvalue weighted by Crippen LogP contribution is 2.11. The van der Waals surface area contributed by atoms with E-state index in [4.69, 9.17) is 0 Å². The number of nitro benzene ring substituents is 1. The van der Waals surface area contributed by atoms with Crippen molar-refractivity contribution in [3.8, 4) is 0 Å². The lowest BCUT2D eigenvalue weighted by Crippen LogP contribution is -2.24. The normalized spacial score (nSPS) is 10.1. The van der Waals surface area contributed by atoms with Gasteiger partial charge in [0.15, 0.2) is 5.78 Å². The Hall–Kier alpha value is -3.02. The Morgan fingerprint density at radius 3 is 2.22 bits per heavy atom. The molecule has 0 spiro atoms. The first-order valence-electron chi connectivity index (χ1n) is 7.19. The van der Waals surface area contributed by atoms with Crippen LogP contribution in [0.2, 0.25) is 0 Å². The fraction of sp³-hybridized carbons (Fsp3) is 0.176. The fourth-order valence-corrected chi connectivity index (χ4v) is 2.06. The maximum atomic E-state index is 11.9. The standard InChI is InChI=1S/C17H16N2O4/c20-16(13-5-2-1-3-6-13)7-4-12-18-17(21)14-8-10-15(11-9-14)19(22)23/h1-3,5-6,8-11H,4,7,12H2,(H,18,21). The van der Waals surface area contributed by atoms with Crippen molar-refractivity contribution in [2.24, 2.45) is 0 Å². The molecular formula is C17H16N2O4. The van der Waals surface area contributed by atoms with E-state index in [-0.39, 0.29) is 17.4 Å². The highest BCUT2D eigenvalue weighted by molar-refractivity contribution is 5.96. The van der Waals surface area contributed by atoms with Crippen molar-refractivity contribution in [3.63, 3.8) is 0 Å². The fourth-order valence-electron chi connectivity index (χ4n) is 2.06. The molecule has 2 aromatic carbocycles. The van der Waals surface area contributed by atoms with Crippen LogP contribution < -0.4 is 5.32 Å². The predicted molar refractivity (Wildman–Crippen MR) is 85.4 cm³/mol. The summed E-state index contributed by atoms with van der Waals surface area (Å²) in [6.07, 6.45) is 0.886. The van der Waals surface area contributed by atoms with Gasteiger partial charge in [-0.15, -0.1) is 0 Å². The molecule has 2 rings (SSSR count). The summed E-state index contributed by atoms with van der Waals surface area (Å²) < 4.78 is 0. The van der Waals surface area contributed by atoms with Gasteiger partial charge in [-0.05, 0) is 18.6 Å². The summed E-state index contributed by atoms with van der Waals surface area (Å²) in [7, 11) is 0. The highest BCUT2D eigenvalue weighted by atomic mass is 16.6. The third kappa shape index (κ3) is 4.74. The van der Waals surface area contributed by atoms with E-state index in [9.17, 15) is 19.7 Å². The molecule has 0 atom stereocenters. The first-order chi connectivity index (χ1) is 11.1. The van der Waals surface area contributed by atoms with Gasteiger partial charge in [0.1, 0.15) is 0 Å². The van der Waals surface area contributed by atoms with Crippen LogP contribution in [0.5, 0.6) is 0 Å². The van der Waals surface area contributed by atoms with E-state index in [2.05, 4.69) is 5.32 Å². The zero-order valence-corrected chi connectivity index (χ0v) is 12.4. The van der Waals surface area contributed by atoms with E-state index in [1.54, 1.807) is 12.1 Å². The van der Waals surface area contributed by atoms with Crippen molar-refractivity contribution in [2.45, 2.75) is 12.8 Å². The number of nitro groups is 1. The number of nitrogens with zero attached hydrogens (tertiary/aromatic N) is 1. The summed E-state index contributed by atoms with van der Waals surface area (Å²) in [4.78, 5) is 33.8. The van der Waals surface area contributed by atoms with Crippen molar-refractivity contribution >= 4 is 17.4 Å². The second kappa shape index (κ2) is 7.84. The number of nitrogens with one attached hydrogen (secondary N) is 1. The monoisotopic (exact) mass is 312 g/mol. The van der Waals surface area contributed by atoms with Gasteiger partial charge in [-0.25, -0.2) is 0 Å². The number of non-ortho nitro benzene ring substituents is 1. The molecule has 0 radical (unpaired) electrons. The van der Waals surface area contributed by atoms with E-state index in [0.717, 1.165) is 0 Å². The number of rotatable bonds is 7. The maximum absolute atomic E-state index is 11.9. The predicted octanol–water partition coefficient (Wildman–Crippen LogP) is 2.99. The second-order valence-electron chi connectivity index (χ2n) is 4.95. The number of amides is 1. The van der Waals surface area contributed by atoms with Gasteiger partial charge in [0.2, 0.25) is 0 Å². The lowest BCUT2D eigenvalue weighted by atomic mass is 10.1. The summed E-state index contributed by atoms with van der Waals surface area (Å²) >= 11 is 0. The second-order valence-corrected chi connectivity index (χ2v) is 4.95. The Kier molecular flexibility index (Phi) is 5.57. The number of Topliss-reactive ketones (excluding diaryl/α,β-unsaturated/α-hetero) is 1. The third-order valence-electron chi connectivity index (χ3n) is 3.30. The number of ketones is 1. The Morgan fingerprint density at radius 2 is 1.61 bits per heavy atom. The van der Waals surface area contributed by atoms with Crippen LogP contribution >= 0.6 is 0 Å². The van der Waals surface area contributed by atoms with Crippen LogP contribution in [-0.2, 0) is 0 Å². The van der Waals surface area contributed by atoms with Gasteiger partial charge in [-0.1, -0.05) is 30.3 Å². The average Bonchev–Trinajstić information content (AvgIpc) is 2.59. The van der Waals surface area contributed by atoms with Crippen LogP contribution in [0.15, 0.2) is 54.6 Å². The number of carbonyl (C=O) groups excluding carboxylic acids is 2. The molecule has 1 N–H and O–H groups in total. The van der Waals surface area contributed by atoms with Crippen LogP contribution in [0, 0.1) is 10.1 Å². The van der Waals surface area contributed by atoms with Crippen LogP contribution in [-0.4, -0.2) is 23.2 Å². The number of benzene rings is 2. The van der Waals surface area contributed by atoms with E-state index in [0.29, 0.717) is 30.5 Å². The molecule has 0 saturated heterocycles. The van der Waals surface area contributed by atoms with Crippen LogP contribution in [0.25, 0.3) is 0 Å². The highest BCUT2D eigenvalue weighted by Gasteiger charge is 2.09. The first-order valence-corrected chi connectivity index (χ1v) is 7.19. The summed E-state index contributed by atoms with van der Waals surface area (Å²) in [6, 6.07) is 14.4. The minimum atomic E-state index is -0.517. The van der Waals surface area contributed by atoms with Crippen LogP contribution in [0.3, 0.4) is 0 Å². The van der Waals surface area contributed by atoms with E-state index in [1.807, 2.05) is 18.2 Å². The molecule has 6 heteroatoms. The lowest BCUT2D eigenvalue weighted by Gasteiger charge is -2.05. The molecule has 0 unspecified atom stereocenters. The summed E-state index contributed by atoms with van der Waals surface area (Å²) in [5.41, 5.74) is 0.953. The Labute approximate surface area is 133 Å². The molecular weight excluding hydrogens is 296 g/mol. The Bertz CT molecular complexity index is 696. The quantitative estimate of drug-likeness (QED) is 0.368.